The van der Waals surface area contributed by atoms with Gasteiger partial charge in [-0.25, -0.2) is 0 Å². The van der Waals surface area contributed by atoms with Crippen molar-refractivity contribution in [2.45, 2.75) is 26.3 Å². The fraction of sp³-hybridized carbons (Fsp3) is 0.500. The fourth-order valence-electron chi connectivity index (χ4n) is 1.71. The monoisotopic (exact) mass is 267 g/mol. The lowest BCUT2D eigenvalue weighted by atomic mass is 10.1. The van der Waals surface area contributed by atoms with Crippen LogP contribution in [0.25, 0.3) is 0 Å². The lowest BCUT2D eigenvalue weighted by Gasteiger charge is -2.15. The Balaban J connectivity index is 2.49. The quantitative estimate of drug-likeness (QED) is 0.740. The summed E-state index contributed by atoms with van der Waals surface area (Å²) in [5.41, 5.74) is 0.985. The highest BCUT2D eigenvalue weighted by molar-refractivity contribution is 5.69. The number of ether oxygens (including phenoxy) is 2. The predicted molar refractivity (Wildman–Crippen MR) is 72.3 cm³/mol. The Morgan fingerprint density at radius 1 is 1.47 bits per heavy atom. The van der Waals surface area contributed by atoms with Crippen molar-refractivity contribution in [2.24, 2.45) is 0 Å². The number of carbonyl (C=O) groups excluding carboxylic acids is 1. The van der Waals surface area contributed by atoms with Gasteiger partial charge in [0.1, 0.15) is 0 Å². The van der Waals surface area contributed by atoms with Crippen LogP contribution in [0.1, 0.15) is 31.9 Å². The number of esters is 1. The van der Waals surface area contributed by atoms with E-state index in [1.165, 1.54) is 7.11 Å². The molecule has 0 aliphatic heterocycles. The van der Waals surface area contributed by atoms with E-state index >= 15 is 0 Å². The molecule has 1 aromatic carbocycles. The highest BCUT2D eigenvalue weighted by Gasteiger charge is 2.09. The summed E-state index contributed by atoms with van der Waals surface area (Å²) in [6.45, 7) is 4.72. The van der Waals surface area contributed by atoms with Crippen molar-refractivity contribution >= 4 is 5.97 Å². The number of phenolic OH excluding ortho intramolecular Hbond substituents is 1. The minimum atomic E-state index is -0.203. The van der Waals surface area contributed by atoms with Crippen molar-refractivity contribution < 1.29 is 19.4 Å². The maximum absolute atomic E-state index is 11.2. The first-order valence-electron chi connectivity index (χ1n) is 6.34. The van der Waals surface area contributed by atoms with E-state index in [-0.39, 0.29) is 17.8 Å². The van der Waals surface area contributed by atoms with Gasteiger partial charge in [0.05, 0.1) is 20.1 Å². The zero-order valence-electron chi connectivity index (χ0n) is 11.6. The Kier molecular flexibility index (Phi) is 6.15. The van der Waals surface area contributed by atoms with Crippen LogP contribution in [-0.2, 0) is 9.53 Å². The summed E-state index contributed by atoms with van der Waals surface area (Å²) in [5.74, 6) is 0.354. The van der Waals surface area contributed by atoms with Crippen molar-refractivity contribution in [3.63, 3.8) is 0 Å². The van der Waals surface area contributed by atoms with Crippen molar-refractivity contribution in [3.8, 4) is 11.5 Å². The Bertz CT molecular complexity index is 420. The molecule has 1 unspecified atom stereocenters. The van der Waals surface area contributed by atoms with Crippen LogP contribution in [-0.4, -0.2) is 31.3 Å². The lowest BCUT2D eigenvalue weighted by Crippen LogP contribution is -2.22. The van der Waals surface area contributed by atoms with Crippen LogP contribution in [0, 0.1) is 0 Å². The molecule has 0 aliphatic carbocycles. The van der Waals surface area contributed by atoms with E-state index in [2.05, 4.69) is 5.32 Å². The third kappa shape index (κ3) is 4.79. The average Bonchev–Trinajstić information content (AvgIpc) is 2.39. The van der Waals surface area contributed by atoms with Crippen LogP contribution in [0.4, 0.5) is 0 Å². The van der Waals surface area contributed by atoms with Gasteiger partial charge in [0, 0.05) is 12.6 Å². The van der Waals surface area contributed by atoms with Gasteiger partial charge in [0.2, 0.25) is 0 Å². The molecule has 0 radical (unpaired) electrons. The molecule has 106 valence electrons. The van der Waals surface area contributed by atoms with Crippen LogP contribution < -0.4 is 10.1 Å². The predicted octanol–water partition coefficient (Wildman–Crippen LogP) is 2.00. The standard InChI is InChI=1S/C14H21NO4/c1-4-19-14(17)7-8-15-10(2)11-5-6-12(16)13(9-11)18-3/h5-6,9-10,15-16H,4,7-8H2,1-3H3. The number of phenols is 1. The Labute approximate surface area is 113 Å². The molecule has 0 spiro atoms. The van der Waals surface area contributed by atoms with Crippen LogP contribution in [0.3, 0.4) is 0 Å². The van der Waals surface area contributed by atoms with E-state index in [1.807, 2.05) is 13.0 Å². The Morgan fingerprint density at radius 3 is 2.84 bits per heavy atom. The van der Waals surface area contributed by atoms with Crippen LogP contribution in [0.15, 0.2) is 18.2 Å². The highest BCUT2D eigenvalue weighted by Crippen LogP contribution is 2.28. The average molecular weight is 267 g/mol. The zero-order chi connectivity index (χ0) is 14.3. The van der Waals surface area contributed by atoms with Gasteiger partial charge in [0.15, 0.2) is 11.5 Å². The van der Waals surface area contributed by atoms with Crippen molar-refractivity contribution in [2.75, 3.05) is 20.3 Å². The molecule has 19 heavy (non-hydrogen) atoms. The normalized spacial score (nSPS) is 11.9. The molecule has 5 nitrogen and oxygen atoms in total. The van der Waals surface area contributed by atoms with E-state index in [1.54, 1.807) is 19.1 Å². The second-order valence-electron chi connectivity index (χ2n) is 4.16. The minimum absolute atomic E-state index is 0.0592. The molecule has 0 aliphatic rings. The third-order valence-corrected chi connectivity index (χ3v) is 2.79. The van der Waals surface area contributed by atoms with Crippen LogP contribution >= 0.6 is 0 Å². The fourth-order valence-corrected chi connectivity index (χ4v) is 1.71. The summed E-state index contributed by atoms with van der Waals surface area (Å²) in [7, 11) is 1.51. The van der Waals surface area contributed by atoms with Gasteiger partial charge < -0.3 is 19.9 Å². The first-order chi connectivity index (χ1) is 9.08. The van der Waals surface area contributed by atoms with Crippen molar-refractivity contribution in [1.29, 1.82) is 0 Å². The maximum Gasteiger partial charge on any atom is 0.307 e. The van der Waals surface area contributed by atoms with E-state index in [0.717, 1.165) is 5.56 Å². The molecule has 0 bridgehead atoms. The number of hydrogen-bond donors (Lipinski definition) is 2. The molecule has 0 saturated heterocycles. The molecule has 0 saturated carbocycles. The number of hydrogen-bond acceptors (Lipinski definition) is 5. The SMILES string of the molecule is CCOC(=O)CCNC(C)c1ccc(O)c(OC)c1. The molecule has 0 fully saturated rings. The molecular weight excluding hydrogens is 246 g/mol. The Morgan fingerprint density at radius 2 is 2.21 bits per heavy atom. The number of nitrogens with one attached hydrogen (secondary N) is 1. The van der Waals surface area contributed by atoms with E-state index in [9.17, 15) is 9.90 Å². The maximum atomic E-state index is 11.2. The summed E-state index contributed by atoms with van der Waals surface area (Å²) in [4.78, 5) is 11.2. The Hall–Kier alpha value is -1.75. The highest BCUT2D eigenvalue weighted by atomic mass is 16.5. The summed E-state index contributed by atoms with van der Waals surface area (Å²) in [6.07, 6.45) is 0.341. The second-order valence-corrected chi connectivity index (χ2v) is 4.16. The second kappa shape index (κ2) is 7.63. The molecular formula is C14H21NO4. The zero-order valence-corrected chi connectivity index (χ0v) is 11.6. The van der Waals surface area contributed by atoms with Crippen molar-refractivity contribution in [3.05, 3.63) is 23.8 Å². The molecule has 5 heteroatoms. The number of methoxy groups -OCH3 is 1. The van der Waals surface area contributed by atoms with Gasteiger partial charge in [-0.15, -0.1) is 0 Å². The smallest absolute Gasteiger partial charge is 0.307 e. The van der Waals surface area contributed by atoms with E-state index < -0.39 is 0 Å². The summed E-state index contributed by atoms with van der Waals surface area (Å²) in [6, 6.07) is 5.25. The topological polar surface area (TPSA) is 67.8 Å². The van der Waals surface area contributed by atoms with Gasteiger partial charge in [-0.2, -0.15) is 0 Å². The number of carbonyl (C=O) groups is 1. The van der Waals surface area contributed by atoms with Gasteiger partial charge in [-0.05, 0) is 31.5 Å². The van der Waals surface area contributed by atoms with Gasteiger partial charge in [-0.3, -0.25) is 4.79 Å². The molecule has 2 N–H and O–H groups in total. The minimum Gasteiger partial charge on any atom is -0.504 e. The van der Waals surface area contributed by atoms with Gasteiger partial charge in [-0.1, -0.05) is 6.07 Å². The van der Waals surface area contributed by atoms with Crippen molar-refractivity contribution in [1.82, 2.24) is 5.32 Å². The summed E-state index contributed by atoms with van der Waals surface area (Å²) >= 11 is 0. The molecule has 0 heterocycles. The number of benzene rings is 1. The first-order valence-corrected chi connectivity index (χ1v) is 6.34. The van der Waals surface area contributed by atoms with E-state index in [0.29, 0.717) is 25.3 Å². The number of rotatable bonds is 7. The lowest BCUT2D eigenvalue weighted by molar-refractivity contribution is -0.143. The molecule has 1 atom stereocenters. The third-order valence-electron chi connectivity index (χ3n) is 2.79. The number of aromatic hydroxyl groups is 1. The first kappa shape index (κ1) is 15.3. The van der Waals surface area contributed by atoms with Crippen LogP contribution in [0.2, 0.25) is 0 Å². The molecule has 0 aromatic heterocycles. The van der Waals surface area contributed by atoms with E-state index in [4.69, 9.17) is 9.47 Å². The van der Waals surface area contributed by atoms with Crippen LogP contribution in [0.5, 0.6) is 11.5 Å². The van der Waals surface area contributed by atoms with Gasteiger partial charge >= 0.3 is 5.97 Å². The summed E-state index contributed by atoms with van der Waals surface area (Å²) < 4.78 is 9.91. The largest absolute Gasteiger partial charge is 0.504 e. The molecule has 1 rings (SSSR count). The molecule has 1 aromatic rings. The van der Waals surface area contributed by atoms with Gasteiger partial charge in [0.25, 0.3) is 0 Å². The molecule has 0 amide bonds. The summed E-state index contributed by atoms with van der Waals surface area (Å²) in [5, 5.41) is 12.7.